The van der Waals surface area contributed by atoms with Crippen LogP contribution < -0.4 is 4.98 Å². The van der Waals surface area contributed by atoms with Crippen molar-refractivity contribution in [1.29, 1.82) is 0 Å². The van der Waals surface area contributed by atoms with Gasteiger partial charge in [-0.25, -0.2) is 0 Å². The lowest BCUT2D eigenvalue weighted by Crippen LogP contribution is -2.34. The number of rotatable bonds is 0. The second kappa shape index (κ2) is 6.01. The molecule has 12 heavy (non-hydrogen) atoms. The highest BCUT2D eigenvalue weighted by Gasteiger charge is 2.37. The van der Waals surface area contributed by atoms with E-state index in [1.165, 1.54) is 0 Å². The van der Waals surface area contributed by atoms with Crippen LogP contribution in [0.15, 0.2) is 0 Å². The average molecular weight is 202 g/mol. The molecule has 0 rings (SSSR count). The second-order valence-corrected chi connectivity index (χ2v) is 2.92. The van der Waals surface area contributed by atoms with E-state index >= 15 is 0 Å². The van der Waals surface area contributed by atoms with Crippen LogP contribution in [0.25, 0.3) is 0 Å². The summed E-state index contributed by atoms with van der Waals surface area (Å²) in [5.41, 5.74) is 0. The minimum absolute atomic E-state index is 0.0341. The van der Waals surface area contributed by atoms with Crippen LogP contribution in [0.1, 0.15) is 0 Å². The Kier molecular flexibility index (Phi) is 7.01. The van der Waals surface area contributed by atoms with Gasteiger partial charge in [0, 0.05) is 0 Å². The van der Waals surface area contributed by atoms with E-state index < -0.39 is 12.1 Å². The van der Waals surface area contributed by atoms with Gasteiger partial charge in [0.25, 0.3) is 0 Å². The number of halogens is 3. The Bertz CT molecular complexity index is 134. The van der Waals surface area contributed by atoms with Crippen LogP contribution in [0.4, 0.5) is 13.2 Å². The van der Waals surface area contributed by atoms with E-state index in [9.17, 15) is 18.0 Å². The Labute approximate surface area is 72.4 Å². The summed E-state index contributed by atoms with van der Waals surface area (Å²) < 4.78 is 33.2. The van der Waals surface area contributed by atoms with Crippen LogP contribution in [-0.2, 0) is 4.79 Å². The molecule has 0 aliphatic rings. The van der Waals surface area contributed by atoms with Gasteiger partial charge in [0.15, 0.2) is 0 Å². The Morgan fingerprint density at radius 2 is 1.58 bits per heavy atom. The molecule has 7 heteroatoms. The molecule has 0 bridgehead atoms. The fraction of sp³-hybridized carbons (Fsp3) is 0.800. The summed E-state index contributed by atoms with van der Waals surface area (Å²) in [6.07, 6.45) is -4.71. The van der Waals surface area contributed by atoms with Crippen LogP contribution in [0.2, 0.25) is 0 Å². The number of hydrogen-bond donors (Lipinski definition) is 1. The Morgan fingerprint density at radius 1 is 1.33 bits per heavy atom. The molecule has 0 heterocycles. The highest BCUT2D eigenvalue weighted by molar-refractivity contribution is 6.15. The summed E-state index contributed by atoms with van der Waals surface area (Å²) in [6.45, 7) is 0. The highest BCUT2D eigenvalue weighted by atomic mass is 28.2. The van der Waals surface area contributed by atoms with Gasteiger partial charge in [0.05, 0.1) is 0 Å². The maximum absolute atomic E-state index is 11.1. The molecule has 3 nitrogen and oxygen atoms in total. The van der Waals surface area contributed by atoms with Crippen molar-refractivity contribution in [3.63, 3.8) is 0 Å². The molecule has 1 amide bonds. The van der Waals surface area contributed by atoms with E-state index in [4.69, 9.17) is 0 Å². The van der Waals surface area contributed by atoms with Gasteiger partial charge < -0.3 is 9.88 Å². The number of hydrogen-bond acceptors (Lipinski definition) is 2. The van der Waals surface area contributed by atoms with E-state index in [2.05, 4.69) is 0 Å². The predicted octanol–water partition coefficient (Wildman–Crippen LogP) is -0.877. The first-order valence-electron chi connectivity index (χ1n) is 3.11. The molecule has 0 aromatic rings. The average Bonchev–Trinajstić information content (AvgIpc) is 1.82. The zero-order valence-corrected chi connectivity index (χ0v) is 9.49. The van der Waals surface area contributed by atoms with Gasteiger partial charge in [0.2, 0.25) is 0 Å². The molecule has 0 radical (unpaired) electrons. The summed E-state index contributed by atoms with van der Waals surface area (Å²) in [5.74, 6) is -1.86. The predicted molar refractivity (Wildman–Crippen MR) is 43.7 cm³/mol. The molecular formula is C5H13F3N2OSi. The number of alkyl halides is 3. The van der Waals surface area contributed by atoms with Crippen molar-refractivity contribution in [3.8, 4) is 0 Å². The summed E-state index contributed by atoms with van der Waals surface area (Å²) in [7, 11) is 6.03. The second-order valence-electron chi connectivity index (χ2n) is 2.42. The minimum Gasteiger partial charge on any atom is -0.383 e. The van der Waals surface area contributed by atoms with E-state index in [-0.39, 0.29) is 10.4 Å². The van der Waals surface area contributed by atoms with E-state index in [0.29, 0.717) is 0 Å². The summed E-state index contributed by atoms with van der Waals surface area (Å²) in [5, 5.41) is 0. The Hall–Kier alpha value is -0.563. The first-order valence-corrected chi connectivity index (χ1v) is 4.11. The first-order chi connectivity index (χ1) is 5.21. The number of carbonyl (C=O) groups is 1. The number of nitrogens with zero attached hydrogens (tertiary/aromatic N) is 1. The molecule has 0 spiro atoms. The number of amides is 1. The van der Waals surface area contributed by atoms with Crippen LogP contribution >= 0.6 is 0 Å². The van der Waals surface area contributed by atoms with E-state index in [1.807, 2.05) is 26.0 Å². The lowest BCUT2D eigenvalue weighted by Gasteiger charge is -2.01. The van der Waals surface area contributed by atoms with E-state index in [0.717, 1.165) is 0 Å². The van der Waals surface area contributed by atoms with Crippen LogP contribution in [0.3, 0.4) is 0 Å². The maximum Gasteiger partial charge on any atom is 0.470 e. The SMILES string of the molecule is CN(C)C.O=C(N[SiH3])C(F)(F)F. The molecule has 0 atom stereocenters. The Balaban J connectivity index is 0. The third kappa shape index (κ3) is 12.1. The summed E-state index contributed by atoms with van der Waals surface area (Å²) in [6, 6.07) is 0. The molecule has 0 unspecified atom stereocenters. The van der Waals surface area contributed by atoms with Crippen molar-refractivity contribution < 1.29 is 18.0 Å². The first kappa shape index (κ1) is 14.0. The lowest BCUT2D eigenvalue weighted by molar-refractivity contribution is -0.171. The van der Waals surface area contributed by atoms with Gasteiger partial charge in [-0.05, 0) is 21.1 Å². The quantitative estimate of drug-likeness (QED) is 0.518. The molecule has 0 aromatic heterocycles. The highest BCUT2D eigenvalue weighted by Crippen LogP contribution is 2.13. The van der Waals surface area contributed by atoms with Crippen molar-refractivity contribution in [3.05, 3.63) is 0 Å². The van der Waals surface area contributed by atoms with Crippen molar-refractivity contribution in [1.82, 2.24) is 9.88 Å². The monoisotopic (exact) mass is 202 g/mol. The molecule has 0 fully saturated rings. The standard InChI is InChI=1S/C3H9N.C2H4F3NOSi/c1-4(2)3;3-2(4,5)1(7)6-8/h1-3H3;8H3,(H,6,7). The van der Waals surface area contributed by atoms with Gasteiger partial charge in [-0.2, -0.15) is 13.2 Å². The van der Waals surface area contributed by atoms with Crippen molar-refractivity contribution >= 4 is 16.3 Å². The van der Waals surface area contributed by atoms with Crippen molar-refractivity contribution in [2.75, 3.05) is 21.1 Å². The smallest absolute Gasteiger partial charge is 0.383 e. The largest absolute Gasteiger partial charge is 0.470 e. The molecule has 0 saturated carbocycles. The van der Waals surface area contributed by atoms with Gasteiger partial charge in [-0.3, -0.25) is 4.79 Å². The van der Waals surface area contributed by atoms with Gasteiger partial charge in [-0.15, -0.1) is 0 Å². The minimum atomic E-state index is -4.71. The zero-order chi connectivity index (χ0) is 10.4. The summed E-state index contributed by atoms with van der Waals surface area (Å²) in [4.78, 5) is 13.2. The topological polar surface area (TPSA) is 32.3 Å². The van der Waals surface area contributed by atoms with Crippen molar-refractivity contribution in [2.45, 2.75) is 6.18 Å². The van der Waals surface area contributed by atoms with E-state index in [1.54, 1.807) is 4.98 Å². The normalized spacial score (nSPS) is 10.6. The third-order valence-electron chi connectivity index (χ3n) is 0.485. The number of carbonyl (C=O) groups excluding carboxylic acids is 1. The van der Waals surface area contributed by atoms with Gasteiger partial charge >= 0.3 is 12.1 Å². The molecule has 74 valence electrons. The zero-order valence-electron chi connectivity index (χ0n) is 7.49. The Morgan fingerprint density at radius 3 is 1.58 bits per heavy atom. The molecule has 0 aliphatic carbocycles. The summed E-state index contributed by atoms with van der Waals surface area (Å²) >= 11 is 0. The molecule has 0 saturated heterocycles. The van der Waals surface area contributed by atoms with Gasteiger partial charge in [0.1, 0.15) is 10.4 Å². The lowest BCUT2D eigenvalue weighted by atomic mass is 10.6. The fourth-order valence-electron chi connectivity index (χ4n) is 0.142. The maximum atomic E-state index is 11.1. The molecule has 1 N–H and O–H groups in total. The fourth-order valence-corrected chi connectivity index (χ4v) is 0.425. The van der Waals surface area contributed by atoms with Crippen LogP contribution in [0, 0.1) is 0 Å². The molecule has 0 aromatic carbocycles. The van der Waals surface area contributed by atoms with Crippen LogP contribution in [-0.4, -0.2) is 48.5 Å². The molecule has 0 aliphatic heterocycles. The van der Waals surface area contributed by atoms with Crippen LogP contribution in [0.5, 0.6) is 0 Å². The van der Waals surface area contributed by atoms with Crippen molar-refractivity contribution in [2.24, 2.45) is 0 Å². The third-order valence-corrected chi connectivity index (χ3v) is 0.939. The molecular weight excluding hydrogens is 189 g/mol. The van der Waals surface area contributed by atoms with Gasteiger partial charge in [-0.1, -0.05) is 0 Å². The number of nitrogens with one attached hydrogen (secondary N) is 1.